The Balaban J connectivity index is 1.45. The van der Waals surface area contributed by atoms with E-state index in [0.717, 1.165) is 18.6 Å². The van der Waals surface area contributed by atoms with E-state index in [-0.39, 0.29) is 6.03 Å². The molecule has 144 valence electrons. The Morgan fingerprint density at radius 1 is 0.963 bits per heavy atom. The number of ether oxygens (including phenoxy) is 3. The third-order valence-electron chi connectivity index (χ3n) is 4.63. The molecule has 0 aromatic heterocycles. The molecule has 0 heterocycles. The molecule has 0 aliphatic heterocycles. The molecule has 0 spiro atoms. The van der Waals surface area contributed by atoms with Crippen molar-refractivity contribution in [1.29, 1.82) is 0 Å². The number of methoxy groups -OCH3 is 2. The number of nitrogens with one attached hydrogen (secondary N) is 2. The molecule has 2 N–H and O–H groups in total. The molecule has 6 heteroatoms. The van der Waals surface area contributed by atoms with Crippen LogP contribution in [-0.2, 0) is 12.8 Å². The van der Waals surface area contributed by atoms with Gasteiger partial charge in [0.25, 0.3) is 0 Å². The van der Waals surface area contributed by atoms with Gasteiger partial charge in [-0.25, -0.2) is 4.79 Å². The van der Waals surface area contributed by atoms with E-state index in [0.29, 0.717) is 30.3 Å². The standard InChI is InChI=1S/C21H26N2O4/c1-25-17-9-10-19(20(14-17)26-2)23-21(24)22-11-12-27-18-8-7-15-5-3-4-6-16(15)13-18/h7-10,13-14H,3-6,11-12H2,1-2H3,(H2,22,23,24). The normalized spacial score (nSPS) is 12.7. The van der Waals surface area contributed by atoms with E-state index in [2.05, 4.69) is 22.8 Å². The van der Waals surface area contributed by atoms with Gasteiger partial charge in [0.15, 0.2) is 0 Å². The lowest BCUT2D eigenvalue weighted by Gasteiger charge is -2.17. The van der Waals surface area contributed by atoms with Crippen molar-refractivity contribution in [3.8, 4) is 17.2 Å². The summed E-state index contributed by atoms with van der Waals surface area (Å²) >= 11 is 0. The smallest absolute Gasteiger partial charge is 0.319 e. The first kappa shape index (κ1) is 18.9. The summed E-state index contributed by atoms with van der Waals surface area (Å²) in [5.41, 5.74) is 3.39. The van der Waals surface area contributed by atoms with Crippen molar-refractivity contribution in [2.45, 2.75) is 25.7 Å². The fourth-order valence-electron chi connectivity index (χ4n) is 3.20. The maximum atomic E-state index is 12.1. The van der Waals surface area contributed by atoms with Gasteiger partial charge in [0, 0.05) is 6.07 Å². The maximum Gasteiger partial charge on any atom is 0.319 e. The molecule has 27 heavy (non-hydrogen) atoms. The number of carbonyl (C=O) groups is 1. The number of amides is 2. The lowest BCUT2D eigenvalue weighted by atomic mass is 9.92. The van der Waals surface area contributed by atoms with E-state index in [1.165, 1.54) is 24.0 Å². The molecule has 2 amide bonds. The predicted octanol–water partition coefficient (Wildman–Crippen LogP) is 3.78. The van der Waals surface area contributed by atoms with Gasteiger partial charge in [-0.05, 0) is 61.1 Å². The van der Waals surface area contributed by atoms with Crippen LogP contribution in [0.2, 0.25) is 0 Å². The molecule has 0 saturated carbocycles. The molecular formula is C21H26N2O4. The zero-order valence-corrected chi connectivity index (χ0v) is 15.8. The van der Waals surface area contributed by atoms with Gasteiger partial charge in [0.1, 0.15) is 23.9 Å². The molecule has 2 aromatic carbocycles. The van der Waals surface area contributed by atoms with Crippen LogP contribution in [0.3, 0.4) is 0 Å². The van der Waals surface area contributed by atoms with Crippen molar-refractivity contribution >= 4 is 11.7 Å². The quantitative estimate of drug-likeness (QED) is 0.728. The molecular weight excluding hydrogens is 344 g/mol. The lowest BCUT2D eigenvalue weighted by Crippen LogP contribution is -2.32. The van der Waals surface area contributed by atoms with Gasteiger partial charge in [-0.2, -0.15) is 0 Å². The van der Waals surface area contributed by atoms with Crippen LogP contribution in [0.25, 0.3) is 0 Å². The van der Waals surface area contributed by atoms with Crippen molar-refractivity contribution in [1.82, 2.24) is 5.32 Å². The summed E-state index contributed by atoms with van der Waals surface area (Å²) in [6.07, 6.45) is 4.79. The van der Waals surface area contributed by atoms with Crippen LogP contribution in [0.5, 0.6) is 17.2 Å². The SMILES string of the molecule is COc1ccc(NC(=O)NCCOc2ccc3c(c2)CCCC3)c(OC)c1. The van der Waals surface area contributed by atoms with Crippen molar-refractivity contribution in [3.63, 3.8) is 0 Å². The summed E-state index contributed by atoms with van der Waals surface area (Å²) in [4.78, 5) is 12.1. The number of fused-ring (bicyclic) bond motifs is 1. The Morgan fingerprint density at radius 2 is 1.74 bits per heavy atom. The summed E-state index contributed by atoms with van der Waals surface area (Å²) in [6.45, 7) is 0.813. The highest BCUT2D eigenvalue weighted by Crippen LogP contribution is 2.29. The first-order valence-electron chi connectivity index (χ1n) is 9.21. The summed E-state index contributed by atoms with van der Waals surface area (Å²) in [7, 11) is 3.13. The van der Waals surface area contributed by atoms with Gasteiger partial charge in [-0.15, -0.1) is 0 Å². The molecule has 0 unspecified atom stereocenters. The fraction of sp³-hybridized carbons (Fsp3) is 0.381. The van der Waals surface area contributed by atoms with E-state index in [9.17, 15) is 4.79 Å². The molecule has 0 fully saturated rings. The molecule has 2 aromatic rings. The number of rotatable bonds is 7. The number of aryl methyl sites for hydroxylation is 2. The number of carbonyl (C=O) groups excluding carboxylic acids is 1. The van der Waals surface area contributed by atoms with E-state index < -0.39 is 0 Å². The van der Waals surface area contributed by atoms with E-state index in [4.69, 9.17) is 14.2 Å². The van der Waals surface area contributed by atoms with Crippen LogP contribution in [0, 0.1) is 0 Å². The predicted molar refractivity (Wildman–Crippen MR) is 105 cm³/mol. The second-order valence-electron chi connectivity index (χ2n) is 6.43. The van der Waals surface area contributed by atoms with Gasteiger partial charge in [-0.1, -0.05) is 6.07 Å². The summed E-state index contributed by atoms with van der Waals surface area (Å²) in [5.74, 6) is 2.06. The number of urea groups is 1. The second kappa shape index (κ2) is 9.16. The molecule has 0 radical (unpaired) electrons. The maximum absolute atomic E-state index is 12.1. The minimum atomic E-state index is -0.312. The Hall–Kier alpha value is -2.89. The van der Waals surface area contributed by atoms with E-state index in [1.54, 1.807) is 32.4 Å². The van der Waals surface area contributed by atoms with Crippen LogP contribution in [-0.4, -0.2) is 33.4 Å². The molecule has 6 nitrogen and oxygen atoms in total. The Bertz CT molecular complexity index is 792. The number of hydrogen-bond donors (Lipinski definition) is 2. The van der Waals surface area contributed by atoms with Gasteiger partial charge in [0.2, 0.25) is 0 Å². The highest BCUT2D eigenvalue weighted by atomic mass is 16.5. The zero-order valence-electron chi connectivity index (χ0n) is 15.8. The lowest BCUT2D eigenvalue weighted by molar-refractivity contribution is 0.247. The number of benzene rings is 2. The molecule has 3 rings (SSSR count). The number of hydrogen-bond acceptors (Lipinski definition) is 4. The molecule has 1 aliphatic rings. The number of anilines is 1. The average molecular weight is 370 g/mol. The first-order chi connectivity index (χ1) is 13.2. The van der Waals surface area contributed by atoms with Gasteiger partial charge < -0.3 is 24.8 Å². The third-order valence-corrected chi connectivity index (χ3v) is 4.63. The summed E-state index contributed by atoms with van der Waals surface area (Å²) < 4.78 is 16.2. The average Bonchev–Trinajstić information content (AvgIpc) is 2.71. The second-order valence-corrected chi connectivity index (χ2v) is 6.43. The van der Waals surface area contributed by atoms with Gasteiger partial charge in [0.05, 0.1) is 26.5 Å². The van der Waals surface area contributed by atoms with Crippen molar-refractivity contribution in [3.05, 3.63) is 47.5 Å². The van der Waals surface area contributed by atoms with Crippen LogP contribution in [0.4, 0.5) is 10.5 Å². The van der Waals surface area contributed by atoms with Crippen molar-refractivity contribution < 1.29 is 19.0 Å². The summed E-state index contributed by atoms with van der Waals surface area (Å²) in [6, 6.07) is 11.2. The van der Waals surface area contributed by atoms with Crippen molar-refractivity contribution in [2.75, 3.05) is 32.7 Å². The zero-order chi connectivity index (χ0) is 19.1. The van der Waals surface area contributed by atoms with E-state index in [1.807, 2.05) is 6.07 Å². The largest absolute Gasteiger partial charge is 0.497 e. The Labute approximate surface area is 159 Å². The molecule has 1 aliphatic carbocycles. The Kier molecular flexibility index (Phi) is 6.41. The molecule has 0 atom stereocenters. The van der Waals surface area contributed by atoms with Crippen LogP contribution < -0.4 is 24.8 Å². The van der Waals surface area contributed by atoms with Crippen LogP contribution in [0.1, 0.15) is 24.0 Å². The van der Waals surface area contributed by atoms with Gasteiger partial charge >= 0.3 is 6.03 Å². The Morgan fingerprint density at radius 3 is 2.52 bits per heavy atom. The van der Waals surface area contributed by atoms with Crippen molar-refractivity contribution in [2.24, 2.45) is 0 Å². The van der Waals surface area contributed by atoms with Gasteiger partial charge in [-0.3, -0.25) is 0 Å². The third kappa shape index (κ3) is 5.06. The van der Waals surface area contributed by atoms with E-state index >= 15 is 0 Å². The monoisotopic (exact) mass is 370 g/mol. The first-order valence-corrected chi connectivity index (χ1v) is 9.21. The minimum Gasteiger partial charge on any atom is -0.497 e. The molecule has 0 saturated heterocycles. The van der Waals surface area contributed by atoms with Crippen LogP contribution in [0.15, 0.2) is 36.4 Å². The summed E-state index contributed by atoms with van der Waals surface area (Å²) in [5, 5.41) is 5.55. The highest BCUT2D eigenvalue weighted by Gasteiger charge is 2.11. The van der Waals surface area contributed by atoms with Crippen LogP contribution >= 0.6 is 0 Å². The highest BCUT2D eigenvalue weighted by molar-refractivity contribution is 5.91. The fourth-order valence-corrected chi connectivity index (χ4v) is 3.20. The molecule has 0 bridgehead atoms. The minimum absolute atomic E-state index is 0.312. The topological polar surface area (TPSA) is 68.8 Å².